The zero-order chi connectivity index (χ0) is 18.9. The van der Waals surface area contributed by atoms with Crippen molar-refractivity contribution >= 4 is 35.8 Å². The summed E-state index contributed by atoms with van der Waals surface area (Å²) in [6.07, 6.45) is 4.99. The van der Waals surface area contributed by atoms with Crippen molar-refractivity contribution < 1.29 is 9.15 Å². The lowest BCUT2D eigenvalue weighted by atomic mass is 10.2. The summed E-state index contributed by atoms with van der Waals surface area (Å²) >= 11 is 0. The van der Waals surface area contributed by atoms with Gasteiger partial charge in [0.05, 0.1) is 24.6 Å². The van der Waals surface area contributed by atoms with Crippen LogP contribution in [0.15, 0.2) is 46.0 Å². The highest BCUT2D eigenvalue weighted by atomic mass is 127. The number of guanidine groups is 1. The van der Waals surface area contributed by atoms with Crippen LogP contribution in [0.25, 0.3) is 0 Å². The number of anilines is 1. The van der Waals surface area contributed by atoms with Crippen LogP contribution in [0.1, 0.15) is 24.3 Å². The number of ether oxygens (including phenoxy) is 1. The van der Waals surface area contributed by atoms with Crippen LogP contribution in [0.3, 0.4) is 0 Å². The lowest BCUT2D eigenvalue weighted by Gasteiger charge is -2.16. The van der Waals surface area contributed by atoms with E-state index in [1.54, 1.807) is 6.26 Å². The molecule has 0 spiro atoms. The Morgan fingerprint density at radius 2 is 2.14 bits per heavy atom. The summed E-state index contributed by atoms with van der Waals surface area (Å²) in [7, 11) is 3.97. The van der Waals surface area contributed by atoms with Gasteiger partial charge in [0, 0.05) is 40.2 Å². The zero-order valence-corrected chi connectivity index (χ0v) is 18.9. The minimum absolute atomic E-state index is 0. The van der Waals surface area contributed by atoms with Crippen molar-refractivity contribution in [3.8, 4) is 0 Å². The molecule has 28 heavy (non-hydrogen) atoms. The number of aromatic nitrogens is 1. The molecule has 0 aromatic carbocycles. The highest BCUT2D eigenvalue weighted by Crippen LogP contribution is 2.11. The first-order valence-electron chi connectivity index (χ1n) is 9.50. The van der Waals surface area contributed by atoms with Gasteiger partial charge in [0.1, 0.15) is 11.6 Å². The van der Waals surface area contributed by atoms with E-state index in [0.29, 0.717) is 6.54 Å². The van der Waals surface area contributed by atoms with Gasteiger partial charge in [0.25, 0.3) is 0 Å². The molecule has 7 nitrogen and oxygen atoms in total. The van der Waals surface area contributed by atoms with Gasteiger partial charge in [-0.15, -0.1) is 24.0 Å². The lowest BCUT2D eigenvalue weighted by molar-refractivity contribution is 0.114. The Morgan fingerprint density at radius 1 is 1.25 bits per heavy atom. The average Bonchev–Trinajstić information content (AvgIpc) is 3.37. The molecule has 154 valence electrons. The van der Waals surface area contributed by atoms with E-state index in [2.05, 4.69) is 15.6 Å². The van der Waals surface area contributed by atoms with E-state index in [1.807, 2.05) is 49.3 Å². The molecule has 0 radical (unpaired) electrons. The van der Waals surface area contributed by atoms with Crippen molar-refractivity contribution in [1.29, 1.82) is 0 Å². The Kier molecular flexibility index (Phi) is 9.56. The van der Waals surface area contributed by atoms with Gasteiger partial charge in [0.15, 0.2) is 5.96 Å². The molecule has 0 saturated carbocycles. The molecular formula is C20H30IN5O2. The largest absolute Gasteiger partial charge is 0.469 e. The fourth-order valence-electron chi connectivity index (χ4n) is 2.91. The summed E-state index contributed by atoms with van der Waals surface area (Å²) in [6, 6.07) is 9.89. The Bertz CT molecular complexity index is 715. The van der Waals surface area contributed by atoms with Crippen molar-refractivity contribution in [2.24, 2.45) is 4.99 Å². The van der Waals surface area contributed by atoms with Crippen molar-refractivity contribution in [2.75, 3.05) is 38.7 Å². The Hall–Kier alpha value is -1.81. The maximum absolute atomic E-state index is 5.69. The van der Waals surface area contributed by atoms with Crippen molar-refractivity contribution in [2.45, 2.75) is 31.9 Å². The van der Waals surface area contributed by atoms with Gasteiger partial charge >= 0.3 is 0 Å². The van der Waals surface area contributed by atoms with Crippen LogP contribution in [0.4, 0.5) is 5.82 Å². The first-order chi connectivity index (χ1) is 13.2. The van der Waals surface area contributed by atoms with E-state index in [0.717, 1.165) is 62.2 Å². The molecule has 1 unspecified atom stereocenters. The van der Waals surface area contributed by atoms with Gasteiger partial charge in [-0.25, -0.2) is 9.98 Å². The number of pyridine rings is 1. The van der Waals surface area contributed by atoms with E-state index in [1.165, 1.54) is 0 Å². The van der Waals surface area contributed by atoms with E-state index in [-0.39, 0.29) is 30.1 Å². The number of aliphatic imine (C=N–C) groups is 1. The van der Waals surface area contributed by atoms with Gasteiger partial charge in [-0.3, -0.25) is 0 Å². The normalized spacial score (nSPS) is 16.5. The molecule has 3 rings (SSSR count). The highest BCUT2D eigenvalue weighted by molar-refractivity contribution is 14.0. The van der Waals surface area contributed by atoms with Crippen LogP contribution in [0.2, 0.25) is 0 Å². The minimum atomic E-state index is 0. The number of halogens is 1. The summed E-state index contributed by atoms with van der Waals surface area (Å²) in [5, 5.41) is 6.77. The van der Waals surface area contributed by atoms with Crippen molar-refractivity contribution in [1.82, 2.24) is 15.6 Å². The standard InChI is InChI=1S/C20H29N5O2.HI/c1-25(2)19-9-3-6-16(24-19)14-22-20(23-15-18-8-5-13-27-18)21-11-10-17-7-4-12-26-17;/h3-4,6-7,9,12,18H,5,8,10-11,13-15H2,1-2H3,(H2,21,22,23);1H. The Balaban J connectivity index is 0.00000280. The Morgan fingerprint density at radius 3 is 2.86 bits per heavy atom. The molecule has 0 amide bonds. The molecule has 1 atom stereocenters. The SMILES string of the molecule is CN(C)c1cccc(CN=C(NCCc2ccco2)NCC2CCCO2)n1.I. The number of rotatable bonds is 8. The first kappa shape index (κ1) is 22.5. The van der Waals surface area contributed by atoms with Gasteiger partial charge in [-0.05, 0) is 37.1 Å². The third-order valence-corrected chi connectivity index (χ3v) is 4.41. The van der Waals surface area contributed by atoms with E-state index in [4.69, 9.17) is 14.1 Å². The molecule has 0 aliphatic carbocycles. The molecule has 1 saturated heterocycles. The smallest absolute Gasteiger partial charge is 0.191 e. The van der Waals surface area contributed by atoms with Crippen LogP contribution in [0.5, 0.6) is 0 Å². The molecule has 2 N–H and O–H groups in total. The van der Waals surface area contributed by atoms with E-state index >= 15 is 0 Å². The van der Waals surface area contributed by atoms with Crippen molar-refractivity contribution in [3.05, 3.63) is 48.0 Å². The predicted molar refractivity (Wildman–Crippen MR) is 123 cm³/mol. The number of hydrogen-bond acceptors (Lipinski definition) is 5. The zero-order valence-electron chi connectivity index (χ0n) is 16.6. The Labute approximate surface area is 184 Å². The second-order valence-electron chi connectivity index (χ2n) is 6.82. The first-order valence-corrected chi connectivity index (χ1v) is 9.50. The molecule has 1 fully saturated rings. The molecule has 2 aromatic rings. The van der Waals surface area contributed by atoms with Gasteiger partial charge < -0.3 is 24.7 Å². The van der Waals surface area contributed by atoms with Crippen molar-refractivity contribution in [3.63, 3.8) is 0 Å². The molecule has 1 aliphatic rings. The number of hydrogen-bond donors (Lipinski definition) is 2. The highest BCUT2D eigenvalue weighted by Gasteiger charge is 2.15. The van der Waals surface area contributed by atoms with Crippen LogP contribution in [-0.4, -0.2) is 50.8 Å². The molecule has 8 heteroatoms. The van der Waals surface area contributed by atoms with E-state index in [9.17, 15) is 0 Å². The molecule has 3 heterocycles. The topological polar surface area (TPSA) is 74.9 Å². The maximum atomic E-state index is 5.69. The fraction of sp³-hybridized carbons (Fsp3) is 0.500. The minimum Gasteiger partial charge on any atom is -0.469 e. The maximum Gasteiger partial charge on any atom is 0.191 e. The third-order valence-electron chi connectivity index (χ3n) is 4.41. The molecular weight excluding hydrogens is 469 g/mol. The van der Waals surface area contributed by atoms with Gasteiger partial charge in [-0.1, -0.05) is 6.07 Å². The molecule has 0 bridgehead atoms. The number of nitrogens with zero attached hydrogens (tertiary/aromatic N) is 3. The van der Waals surface area contributed by atoms with Gasteiger partial charge in [-0.2, -0.15) is 0 Å². The summed E-state index contributed by atoms with van der Waals surface area (Å²) in [5.41, 5.74) is 0.936. The van der Waals surface area contributed by atoms with Crippen LogP contribution in [-0.2, 0) is 17.7 Å². The van der Waals surface area contributed by atoms with Crippen LogP contribution in [0, 0.1) is 0 Å². The lowest BCUT2D eigenvalue weighted by Crippen LogP contribution is -2.41. The predicted octanol–water partition coefficient (Wildman–Crippen LogP) is 2.82. The van der Waals surface area contributed by atoms with Crippen LogP contribution >= 0.6 is 24.0 Å². The average molecular weight is 499 g/mol. The summed E-state index contributed by atoms with van der Waals surface area (Å²) in [5.74, 6) is 2.66. The summed E-state index contributed by atoms with van der Waals surface area (Å²) in [6.45, 7) is 2.88. The quantitative estimate of drug-likeness (QED) is 0.331. The summed E-state index contributed by atoms with van der Waals surface area (Å²) in [4.78, 5) is 11.3. The summed E-state index contributed by atoms with van der Waals surface area (Å²) < 4.78 is 11.1. The second-order valence-corrected chi connectivity index (χ2v) is 6.82. The molecule has 1 aliphatic heterocycles. The fourth-order valence-corrected chi connectivity index (χ4v) is 2.91. The van der Waals surface area contributed by atoms with Gasteiger partial charge in [0.2, 0.25) is 0 Å². The van der Waals surface area contributed by atoms with E-state index < -0.39 is 0 Å². The molecule has 2 aromatic heterocycles. The number of nitrogens with one attached hydrogen (secondary N) is 2. The number of furan rings is 1. The second kappa shape index (κ2) is 11.9. The van der Waals surface area contributed by atoms with Crippen LogP contribution < -0.4 is 15.5 Å². The monoisotopic (exact) mass is 499 g/mol. The third kappa shape index (κ3) is 7.31.